The molecule has 0 aliphatic carbocycles. The van der Waals surface area contributed by atoms with Crippen molar-refractivity contribution >= 4 is 5.91 Å². The van der Waals surface area contributed by atoms with Gasteiger partial charge in [0.05, 0.1) is 5.60 Å². The first-order valence-corrected chi connectivity index (χ1v) is 11.8. The summed E-state index contributed by atoms with van der Waals surface area (Å²) in [6.07, 6.45) is 2.08. The maximum absolute atomic E-state index is 13.8. The molecule has 1 fully saturated rings. The molecule has 4 nitrogen and oxygen atoms in total. The van der Waals surface area contributed by atoms with Crippen LogP contribution in [0.3, 0.4) is 0 Å². The van der Waals surface area contributed by atoms with Gasteiger partial charge in [0.15, 0.2) is 0 Å². The lowest BCUT2D eigenvalue weighted by molar-refractivity contribution is -0.133. The number of piperidine rings is 1. The van der Waals surface area contributed by atoms with Crippen LogP contribution >= 0.6 is 0 Å². The van der Waals surface area contributed by atoms with Gasteiger partial charge in [0.1, 0.15) is 5.41 Å². The van der Waals surface area contributed by atoms with E-state index in [-0.39, 0.29) is 5.91 Å². The first-order valence-electron chi connectivity index (χ1n) is 11.8. The van der Waals surface area contributed by atoms with Crippen LogP contribution in [0.1, 0.15) is 36.0 Å². The van der Waals surface area contributed by atoms with Crippen molar-refractivity contribution < 1.29 is 9.90 Å². The molecule has 33 heavy (non-hydrogen) atoms. The van der Waals surface area contributed by atoms with Gasteiger partial charge in [-0.3, -0.25) is 4.79 Å². The maximum Gasteiger partial charge on any atom is 0.237 e. The highest BCUT2D eigenvalue weighted by Gasteiger charge is 2.43. The minimum atomic E-state index is -0.771. The Bertz CT molecular complexity index is 987. The molecule has 0 saturated carbocycles. The predicted octanol–water partition coefficient (Wildman–Crippen LogP) is 4.43. The first-order chi connectivity index (χ1) is 16.0. The summed E-state index contributed by atoms with van der Waals surface area (Å²) in [5.41, 5.74) is 1.52. The molecule has 1 saturated heterocycles. The molecule has 0 aromatic heterocycles. The van der Waals surface area contributed by atoms with Crippen LogP contribution in [0.4, 0.5) is 0 Å². The van der Waals surface area contributed by atoms with Crippen molar-refractivity contribution in [1.82, 2.24) is 9.80 Å². The van der Waals surface area contributed by atoms with Crippen LogP contribution < -0.4 is 0 Å². The number of benzene rings is 3. The summed E-state index contributed by atoms with van der Waals surface area (Å²) in [6, 6.07) is 30.3. The third kappa shape index (κ3) is 4.73. The van der Waals surface area contributed by atoms with Gasteiger partial charge in [0.25, 0.3) is 0 Å². The van der Waals surface area contributed by atoms with Crippen molar-refractivity contribution in [2.24, 2.45) is 0 Å². The Morgan fingerprint density at radius 1 is 0.848 bits per heavy atom. The summed E-state index contributed by atoms with van der Waals surface area (Å²) in [5.74, 6) is 0.0951. The second-order valence-electron chi connectivity index (χ2n) is 9.33. The van der Waals surface area contributed by atoms with Crippen molar-refractivity contribution in [3.05, 3.63) is 108 Å². The lowest BCUT2D eigenvalue weighted by Crippen LogP contribution is -2.48. The van der Waals surface area contributed by atoms with E-state index in [1.807, 2.05) is 80.8 Å². The van der Waals surface area contributed by atoms with Gasteiger partial charge in [-0.2, -0.15) is 0 Å². The van der Waals surface area contributed by atoms with Crippen LogP contribution in [-0.2, 0) is 15.8 Å². The van der Waals surface area contributed by atoms with E-state index >= 15 is 0 Å². The number of likely N-dealkylation sites (N-methyl/N-ethyl adjacent to an activating group) is 1. The van der Waals surface area contributed by atoms with Crippen LogP contribution in [0, 0.1) is 0 Å². The molecule has 1 amide bonds. The van der Waals surface area contributed by atoms with Gasteiger partial charge < -0.3 is 14.9 Å². The standard InChI is InChI=1S/C29H34N2O2/c1-30(2)27(32)29(25-14-8-4-9-15-25,26-16-10-5-11-17-26)20-23-31-21-18-28(33,19-22-31)24-12-6-3-7-13-24/h3-17,33H,18-23H2,1-2H3. The summed E-state index contributed by atoms with van der Waals surface area (Å²) in [4.78, 5) is 17.9. The van der Waals surface area contributed by atoms with Crippen LogP contribution in [0.25, 0.3) is 0 Å². The quantitative estimate of drug-likeness (QED) is 0.589. The lowest BCUT2D eigenvalue weighted by atomic mass is 9.70. The molecule has 3 aromatic rings. The Kier molecular flexibility index (Phi) is 6.96. The number of carbonyl (C=O) groups is 1. The van der Waals surface area contributed by atoms with E-state index in [4.69, 9.17) is 0 Å². The van der Waals surface area contributed by atoms with E-state index in [9.17, 15) is 9.90 Å². The maximum atomic E-state index is 13.8. The minimum absolute atomic E-state index is 0.0951. The predicted molar refractivity (Wildman–Crippen MR) is 133 cm³/mol. The zero-order chi connectivity index (χ0) is 23.3. The average molecular weight is 443 g/mol. The number of nitrogens with zero attached hydrogens (tertiary/aromatic N) is 2. The number of rotatable bonds is 7. The van der Waals surface area contributed by atoms with E-state index in [1.54, 1.807) is 4.90 Å². The third-order valence-corrected chi connectivity index (χ3v) is 7.10. The zero-order valence-corrected chi connectivity index (χ0v) is 19.7. The molecule has 0 bridgehead atoms. The molecular formula is C29H34N2O2. The molecule has 0 radical (unpaired) electrons. The Labute approximate surface area is 197 Å². The van der Waals surface area contributed by atoms with Crippen molar-refractivity contribution in [1.29, 1.82) is 0 Å². The van der Waals surface area contributed by atoms with Gasteiger partial charge in [-0.05, 0) is 42.5 Å². The summed E-state index contributed by atoms with van der Waals surface area (Å²) >= 11 is 0. The van der Waals surface area contributed by atoms with Crippen molar-refractivity contribution in [2.75, 3.05) is 33.7 Å². The van der Waals surface area contributed by atoms with Gasteiger partial charge in [0, 0.05) is 27.2 Å². The molecule has 4 rings (SSSR count). The molecule has 0 atom stereocenters. The highest BCUT2D eigenvalue weighted by molar-refractivity contribution is 5.91. The third-order valence-electron chi connectivity index (χ3n) is 7.10. The number of likely N-dealkylation sites (tertiary alicyclic amines) is 1. The van der Waals surface area contributed by atoms with E-state index < -0.39 is 11.0 Å². The van der Waals surface area contributed by atoms with Crippen LogP contribution in [0.15, 0.2) is 91.0 Å². The van der Waals surface area contributed by atoms with E-state index in [0.717, 1.165) is 36.3 Å². The normalized spacial score (nSPS) is 16.3. The summed E-state index contributed by atoms with van der Waals surface area (Å²) in [5, 5.41) is 11.2. The van der Waals surface area contributed by atoms with E-state index in [0.29, 0.717) is 19.3 Å². The topological polar surface area (TPSA) is 43.8 Å². The molecule has 1 N–H and O–H groups in total. The molecule has 1 heterocycles. The summed E-state index contributed by atoms with van der Waals surface area (Å²) in [7, 11) is 3.67. The second-order valence-corrected chi connectivity index (χ2v) is 9.33. The monoisotopic (exact) mass is 442 g/mol. The molecule has 0 unspecified atom stereocenters. The Hall–Kier alpha value is -2.95. The van der Waals surface area contributed by atoms with Gasteiger partial charge in [0.2, 0.25) is 5.91 Å². The zero-order valence-electron chi connectivity index (χ0n) is 19.7. The second kappa shape index (κ2) is 9.90. The fourth-order valence-corrected chi connectivity index (χ4v) is 5.15. The molecule has 1 aliphatic rings. The Morgan fingerprint density at radius 2 is 1.30 bits per heavy atom. The van der Waals surface area contributed by atoms with Crippen molar-refractivity contribution in [2.45, 2.75) is 30.3 Å². The van der Waals surface area contributed by atoms with E-state index in [1.165, 1.54) is 0 Å². The van der Waals surface area contributed by atoms with Gasteiger partial charge in [-0.25, -0.2) is 0 Å². The number of carbonyl (C=O) groups excluding carboxylic acids is 1. The molecule has 172 valence electrons. The molecule has 3 aromatic carbocycles. The largest absolute Gasteiger partial charge is 0.385 e. The lowest BCUT2D eigenvalue weighted by Gasteiger charge is -2.41. The molecule has 0 spiro atoms. The van der Waals surface area contributed by atoms with Gasteiger partial charge >= 0.3 is 0 Å². The SMILES string of the molecule is CN(C)C(=O)C(CCN1CCC(O)(c2ccccc2)CC1)(c1ccccc1)c1ccccc1. The highest BCUT2D eigenvalue weighted by atomic mass is 16.3. The highest BCUT2D eigenvalue weighted by Crippen LogP contribution is 2.39. The minimum Gasteiger partial charge on any atom is -0.385 e. The van der Waals surface area contributed by atoms with Gasteiger partial charge in [-0.15, -0.1) is 0 Å². The van der Waals surface area contributed by atoms with E-state index in [2.05, 4.69) is 29.2 Å². The number of hydrogen-bond acceptors (Lipinski definition) is 3. The number of aliphatic hydroxyl groups is 1. The summed E-state index contributed by atoms with van der Waals surface area (Å²) in [6.45, 7) is 2.40. The number of hydrogen-bond donors (Lipinski definition) is 1. The Morgan fingerprint density at radius 3 is 1.76 bits per heavy atom. The average Bonchev–Trinajstić information content (AvgIpc) is 2.87. The smallest absolute Gasteiger partial charge is 0.237 e. The number of amides is 1. The fraction of sp³-hybridized carbons (Fsp3) is 0.345. The molecule has 4 heteroatoms. The first kappa shape index (κ1) is 23.2. The molecule has 1 aliphatic heterocycles. The van der Waals surface area contributed by atoms with Crippen molar-refractivity contribution in [3.8, 4) is 0 Å². The van der Waals surface area contributed by atoms with Crippen LogP contribution in [0.5, 0.6) is 0 Å². The summed E-state index contributed by atoms with van der Waals surface area (Å²) < 4.78 is 0. The van der Waals surface area contributed by atoms with Crippen LogP contribution in [0.2, 0.25) is 0 Å². The molecular weight excluding hydrogens is 408 g/mol. The Balaban J connectivity index is 1.59. The van der Waals surface area contributed by atoms with Gasteiger partial charge in [-0.1, -0.05) is 91.0 Å². The fourth-order valence-electron chi connectivity index (χ4n) is 5.15. The van der Waals surface area contributed by atoms with Crippen molar-refractivity contribution in [3.63, 3.8) is 0 Å². The van der Waals surface area contributed by atoms with Crippen LogP contribution in [-0.4, -0.2) is 54.5 Å².